The number of allylic oxidation sites excluding steroid dienone is 1. The van der Waals surface area contributed by atoms with Gasteiger partial charge in [-0.3, -0.25) is 0 Å². The Kier molecular flexibility index (Phi) is 3.22. The summed E-state index contributed by atoms with van der Waals surface area (Å²) in [7, 11) is 0. The maximum absolute atomic E-state index is 12.6. The molecule has 0 radical (unpaired) electrons. The van der Waals surface area contributed by atoms with E-state index in [0.29, 0.717) is 21.4 Å². The highest BCUT2D eigenvalue weighted by molar-refractivity contribution is 9.10. The average Bonchev–Trinajstić information content (AvgIpc) is 3.00. The molecule has 0 aliphatic carbocycles. The van der Waals surface area contributed by atoms with Crippen molar-refractivity contribution >= 4 is 26.9 Å². The molecule has 0 bridgehead atoms. The molecule has 2 N–H and O–H groups in total. The van der Waals surface area contributed by atoms with Crippen LogP contribution in [0.4, 0.5) is 0 Å². The summed E-state index contributed by atoms with van der Waals surface area (Å²) in [6.45, 7) is 0. The zero-order valence-electron chi connectivity index (χ0n) is 12.1. The molecule has 7 heteroatoms. The first-order chi connectivity index (χ1) is 11.6. The molecule has 1 atom stereocenters. The highest BCUT2D eigenvalue weighted by Gasteiger charge is 2.37. The fourth-order valence-electron chi connectivity index (χ4n) is 2.83. The Morgan fingerprint density at radius 2 is 1.96 bits per heavy atom. The van der Waals surface area contributed by atoms with Gasteiger partial charge in [-0.2, -0.15) is 5.26 Å². The summed E-state index contributed by atoms with van der Waals surface area (Å²) in [6.07, 6.45) is 0. The standard InChI is InChI=1S/C17H9BrN2O4/c18-12-6-5-11(22-12)13-9(7-19)16(20)24-15-8-3-1-2-4-10(8)23-17(21)14(13)15/h1-6,13H,20H2/t13-/m1/s1. The predicted octanol–water partition coefficient (Wildman–Crippen LogP) is 3.37. The van der Waals surface area contributed by atoms with Crippen LogP contribution in [0.1, 0.15) is 17.2 Å². The molecule has 4 rings (SSSR count). The lowest BCUT2D eigenvalue weighted by molar-refractivity contribution is 0.376. The van der Waals surface area contributed by atoms with Crippen LogP contribution in [0.25, 0.3) is 11.0 Å². The fourth-order valence-corrected chi connectivity index (χ4v) is 3.15. The molecule has 6 nitrogen and oxygen atoms in total. The molecule has 0 amide bonds. The van der Waals surface area contributed by atoms with Crippen LogP contribution < -0.4 is 16.1 Å². The quantitative estimate of drug-likeness (QED) is 0.645. The molecule has 0 saturated heterocycles. The molecule has 1 aromatic carbocycles. The van der Waals surface area contributed by atoms with Crippen LogP contribution in [-0.2, 0) is 0 Å². The number of nitriles is 1. The molecule has 3 aromatic rings. The van der Waals surface area contributed by atoms with Crippen LogP contribution >= 0.6 is 15.9 Å². The van der Waals surface area contributed by atoms with Gasteiger partial charge < -0.3 is 19.3 Å². The lowest BCUT2D eigenvalue weighted by atomic mass is 9.87. The molecule has 2 aromatic heterocycles. The maximum atomic E-state index is 12.6. The van der Waals surface area contributed by atoms with Gasteiger partial charge in [-0.15, -0.1) is 0 Å². The number of furan rings is 1. The second-order valence-corrected chi connectivity index (χ2v) is 5.98. The van der Waals surface area contributed by atoms with Crippen molar-refractivity contribution in [1.29, 1.82) is 5.26 Å². The molecule has 1 aliphatic heterocycles. The number of halogens is 1. The van der Waals surface area contributed by atoms with E-state index >= 15 is 0 Å². The first-order valence-corrected chi connectivity index (χ1v) is 7.78. The van der Waals surface area contributed by atoms with Crippen molar-refractivity contribution in [3.05, 3.63) is 74.3 Å². The van der Waals surface area contributed by atoms with Crippen molar-refractivity contribution in [2.24, 2.45) is 5.73 Å². The van der Waals surface area contributed by atoms with Crippen LogP contribution in [0.5, 0.6) is 5.75 Å². The van der Waals surface area contributed by atoms with Crippen molar-refractivity contribution in [2.75, 3.05) is 0 Å². The number of ether oxygens (including phenoxy) is 1. The SMILES string of the molecule is N#CC1=C(N)Oc2c(c(=O)oc3ccccc23)[C@H]1c1ccc(Br)o1. The maximum Gasteiger partial charge on any atom is 0.344 e. The van der Waals surface area contributed by atoms with E-state index in [1.165, 1.54) is 0 Å². The number of nitrogens with two attached hydrogens (primary N) is 1. The summed E-state index contributed by atoms with van der Waals surface area (Å²) in [5.41, 5.74) is 6.02. The zero-order chi connectivity index (χ0) is 16.8. The van der Waals surface area contributed by atoms with E-state index in [1.54, 1.807) is 36.4 Å². The Morgan fingerprint density at radius 1 is 1.17 bits per heavy atom. The third-order valence-electron chi connectivity index (χ3n) is 3.85. The van der Waals surface area contributed by atoms with Gasteiger partial charge in [-0.05, 0) is 40.2 Å². The lowest BCUT2D eigenvalue weighted by Crippen LogP contribution is -2.26. The molecule has 0 fully saturated rings. The minimum atomic E-state index is -0.786. The van der Waals surface area contributed by atoms with Gasteiger partial charge >= 0.3 is 5.63 Å². The monoisotopic (exact) mass is 384 g/mol. The normalized spacial score (nSPS) is 16.6. The van der Waals surface area contributed by atoms with E-state index in [1.807, 2.05) is 6.07 Å². The number of para-hydroxylation sites is 1. The third kappa shape index (κ3) is 2.04. The molecule has 0 spiro atoms. The molecular formula is C17H9BrN2O4. The molecule has 118 valence electrons. The average molecular weight is 385 g/mol. The Labute approximate surface area is 143 Å². The van der Waals surface area contributed by atoms with Gasteiger partial charge in [0, 0.05) is 0 Å². The lowest BCUT2D eigenvalue weighted by Gasteiger charge is -2.24. The topological polar surface area (TPSA) is 102 Å². The largest absolute Gasteiger partial charge is 0.453 e. The third-order valence-corrected chi connectivity index (χ3v) is 4.28. The van der Waals surface area contributed by atoms with Crippen molar-refractivity contribution in [3.8, 4) is 11.8 Å². The highest BCUT2D eigenvalue weighted by atomic mass is 79.9. The number of hydrogen-bond donors (Lipinski definition) is 1. The summed E-state index contributed by atoms with van der Waals surface area (Å²) in [4.78, 5) is 12.6. The minimum absolute atomic E-state index is 0.0572. The van der Waals surface area contributed by atoms with E-state index in [9.17, 15) is 10.1 Å². The fraction of sp³-hybridized carbons (Fsp3) is 0.0588. The van der Waals surface area contributed by atoms with Crippen LogP contribution in [0.2, 0.25) is 0 Å². The smallest absolute Gasteiger partial charge is 0.344 e. The van der Waals surface area contributed by atoms with Crippen molar-refractivity contribution < 1.29 is 13.6 Å². The van der Waals surface area contributed by atoms with Gasteiger partial charge in [-0.1, -0.05) is 12.1 Å². The molecule has 0 unspecified atom stereocenters. The Hall–Kier alpha value is -2.98. The van der Waals surface area contributed by atoms with E-state index in [4.69, 9.17) is 19.3 Å². The Balaban J connectivity index is 2.10. The zero-order valence-corrected chi connectivity index (χ0v) is 13.7. The van der Waals surface area contributed by atoms with Gasteiger partial charge in [0.25, 0.3) is 0 Å². The van der Waals surface area contributed by atoms with E-state index in [0.717, 1.165) is 0 Å². The van der Waals surface area contributed by atoms with Crippen molar-refractivity contribution in [1.82, 2.24) is 0 Å². The number of nitrogens with zero attached hydrogens (tertiary/aromatic N) is 1. The summed E-state index contributed by atoms with van der Waals surface area (Å²) < 4.78 is 17.0. The van der Waals surface area contributed by atoms with Crippen molar-refractivity contribution in [3.63, 3.8) is 0 Å². The summed E-state index contributed by atoms with van der Waals surface area (Å²) in [5, 5.41) is 10.1. The Morgan fingerprint density at radius 3 is 2.67 bits per heavy atom. The summed E-state index contributed by atoms with van der Waals surface area (Å²) in [5.74, 6) is -0.159. The number of benzene rings is 1. The molecular weight excluding hydrogens is 376 g/mol. The number of rotatable bonds is 1. The summed E-state index contributed by atoms with van der Waals surface area (Å²) >= 11 is 3.22. The highest BCUT2D eigenvalue weighted by Crippen LogP contribution is 2.44. The molecule has 1 aliphatic rings. The van der Waals surface area contributed by atoms with Gasteiger partial charge in [0.1, 0.15) is 23.0 Å². The van der Waals surface area contributed by atoms with E-state index < -0.39 is 11.5 Å². The van der Waals surface area contributed by atoms with Crippen molar-refractivity contribution in [2.45, 2.75) is 5.92 Å². The van der Waals surface area contributed by atoms with Gasteiger partial charge in [-0.25, -0.2) is 4.79 Å². The molecule has 0 saturated carbocycles. The molecule has 24 heavy (non-hydrogen) atoms. The van der Waals surface area contributed by atoms with E-state index in [-0.39, 0.29) is 22.8 Å². The summed E-state index contributed by atoms with van der Waals surface area (Å²) in [6, 6.07) is 12.3. The van der Waals surface area contributed by atoms with Crippen LogP contribution in [-0.4, -0.2) is 0 Å². The van der Waals surface area contributed by atoms with Crippen LogP contribution in [0.15, 0.2) is 66.2 Å². The van der Waals surface area contributed by atoms with Crippen LogP contribution in [0.3, 0.4) is 0 Å². The second-order valence-electron chi connectivity index (χ2n) is 5.20. The number of fused-ring (bicyclic) bond motifs is 3. The predicted molar refractivity (Wildman–Crippen MR) is 88.2 cm³/mol. The van der Waals surface area contributed by atoms with Gasteiger partial charge in [0.15, 0.2) is 10.4 Å². The Bertz CT molecular complexity index is 1100. The number of hydrogen-bond acceptors (Lipinski definition) is 6. The first kappa shape index (κ1) is 14.6. The van der Waals surface area contributed by atoms with Crippen LogP contribution in [0, 0.1) is 11.3 Å². The van der Waals surface area contributed by atoms with E-state index in [2.05, 4.69) is 15.9 Å². The van der Waals surface area contributed by atoms with Gasteiger partial charge in [0.2, 0.25) is 5.88 Å². The first-order valence-electron chi connectivity index (χ1n) is 6.98. The minimum Gasteiger partial charge on any atom is -0.453 e. The van der Waals surface area contributed by atoms with Gasteiger partial charge in [0.05, 0.1) is 16.9 Å². The second kappa shape index (κ2) is 5.28. The molecule has 3 heterocycles.